The second-order valence-corrected chi connectivity index (χ2v) is 9.62. The van der Waals surface area contributed by atoms with E-state index >= 15 is 0 Å². The number of nitrogens with one attached hydrogen (secondary N) is 2. The van der Waals surface area contributed by atoms with Gasteiger partial charge in [-0.15, -0.1) is 6.42 Å². The van der Waals surface area contributed by atoms with E-state index in [1.165, 1.54) is 36.8 Å². The van der Waals surface area contributed by atoms with Gasteiger partial charge in [-0.25, -0.2) is 9.97 Å². The minimum absolute atomic E-state index is 0.744. The van der Waals surface area contributed by atoms with E-state index in [4.69, 9.17) is 16.4 Å². The molecule has 2 N–H and O–H groups in total. The molecule has 36 heavy (non-hydrogen) atoms. The molecule has 5 rings (SSSR count). The maximum absolute atomic E-state index is 6.02. The summed E-state index contributed by atoms with van der Waals surface area (Å²) in [7, 11) is 0. The summed E-state index contributed by atoms with van der Waals surface area (Å²) in [6, 6.07) is 10.8. The number of fused-ring (bicyclic) bond motifs is 8. The lowest BCUT2D eigenvalue weighted by Crippen LogP contribution is -1.94. The number of hydrogen-bond donors (Lipinski definition) is 2. The predicted molar refractivity (Wildman–Crippen MR) is 153 cm³/mol. The Morgan fingerprint density at radius 1 is 0.667 bits per heavy atom. The number of aromatic amines is 2. The van der Waals surface area contributed by atoms with E-state index in [1.807, 2.05) is 12.2 Å². The van der Waals surface area contributed by atoms with Gasteiger partial charge in [-0.3, -0.25) is 0 Å². The highest BCUT2D eigenvalue weighted by Gasteiger charge is 2.15. The van der Waals surface area contributed by atoms with Crippen molar-refractivity contribution in [3.63, 3.8) is 0 Å². The maximum atomic E-state index is 6.02. The molecule has 0 radical (unpaired) electrons. The summed E-state index contributed by atoms with van der Waals surface area (Å²) in [6.45, 7) is 4.47. The first-order chi connectivity index (χ1) is 17.7. The van der Waals surface area contributed by atoms with Gasteiger partial charge in [0.2, 0.25) is 0 Å². The molecule has 0 aromatic carbocycles. The minimum Gasteiger partial charge on any atom is -0.355 e. The fourth-order valence-electron chi connectivity index (χ4n) is 5.03. The van der Waals surface area contributed by atoms with E-state index in [2.05, 4.69) is 72.2 Å². The van der Waals surface area contributed by atoms with Crippen LogP contribution in [0.25, 0.3) is 46.4 Å². The molecule has 182 valence electrons. The number of H-pyrrole nitrogens is 2. The van der Waals surface area contributed by atoms with Crippen molar-refractivity contribution in [2.45, 2.75) is 65.2 Å². The van der Waals surface area contributed by atoms with Gasteiger partial charge in [0.15, 0.2) is 0 Å². The molecule has 2 aliphatic rings. The average Bonchev–Trinajstić information content (AvgIpc) is 3.69. The molecule has 0 amide bonds. The Bertz CT molecular complexity index is 1420. The SMILES string of the molecule is C#Cc1c2nc(c(CCCCC)c3ccc(cc4ccc([nH]4)c(CCCCC)c4nc1C=C4)[nH]3)C=C2. The number of aryl methyl sites for hydroxylation is 2. The number of aromatic nitrogens is 4. The molecule has 3 aromatic rings. The fourth-order valence-corrected chi connectivity index (χ4v) is 5.03. The van der Waals surface area contributed by atoms with Crippen LogP contribution in [-0.2, 0) is 12.8 Å². The smallest absolute Gasteiger partial charge is 0.0816 e. The maximum Gasteiger partial charge on any atom is 0.0816 e. The lowest BCUT2D eigenvalue weighted by atomic mass is 10.1. The zero-order valence-corrected chi connectivity index (χ0v) is 21.3. The number of unbranched alkanes of at least 4 members (excludes halogenated alkanes) is 4. The van der Waals surface area contributed by atoms with Crippen molar-refractivity contribution in [3.8, 4) is 12.3 Å². The lowest BCUT2D eigenvalue weighted by molar-refractivity contribution is 0.717. The summed E-state index contributed by atoms with van der Waals surface area (Å²) < 4.78 is 0. The quantitative estimate of drug-likeness (QED) is 0.176. The van der Waals surface area contributed by atoms with Gasteiger partial charge in [0.05, 0.1) is 28.3 Å². The monoisotopic (exact) mass is 474 g/mol. The van der Waals surface area contributed by atoms with Crippen LogP contribution in [0.5, 0.6) is 0 Å². The average molecular weight is 475 g/mol. The Balaban J connectivity index is 1.80. The Kier molecular flexibility index (Phi) is 7.18. The normalized spacial score (nSPS) is 12.2. The van der Waals surface area contributed by atoms with Crippen LogP contribution in [0.2, 0.25) is 0 Å². The van der Waals surface area contributed by atoms with Gasteiger partial charge in [-0.1, -0.05) is 45.5 Å². The van der Waals surface area contributed by atoms with Gasteiger partial charge in [0, 0.05) is 33.2 Å². The highest BCUT2D eigenvalue weighted by molar-refractivity contribution is 5.83. The van der Waals surface area contributed by atoms with E-state index in [1.54, 1.807) is 0 Å². The molecular weight excluding hydrogens is 440 g/mol. The Morgan fingerprint density at radius 3 is 1.58 bits per heavy atom. The topological polar surface area (TPSA) is 57.4 Å². The second kappa shape index (κ2) is 10.8. The molecular formula is C32H34N4. The molecule has 0 aliphatic carbocycles. The van der Waals surface area contributed by atoms with Crippen molar-refractivity contribution in [3.05, 3.63) is 69.8 Å². The summed E-state index contributed by atoms with van der Waals surface area (Å²) in [4.78, 5) is 17.3. The zero-order chi connectivity index (χ0) is 24.9. The number of rotatable bonds is 8. The summed E-state index contributed by atoms with van der Waals surface area (Å²) in [6.07, 6.45) is 23.2. The van der Waals surface area contributed by atoms with Crippen LogP contribution in [0.4, 0.5) is 0 Å². The fraction of sp³-hybridized carbons (Fsp3) is 0.312. The molecule has 0 fully saturated rings. The summed E-state index contributed by atoms with van der Waals surface area (Å²) in [5, 5.41) is 0. The molecule has 5 heterocycles. The molecule has 0 saturated heterocycles. The highest BCUT2D eigenvalue weighted by atomic mass is 14.8. The molecule has 3 aromatic heterocycles. The highest BCUT2D eigenvalue weighted by Crippen LogP contribution is 2.27. The molecule has 0 spiro atoms. The van der Waals surface area contributed by atoms with Gasteiger partial charge in [0.25, 0.3) is 0 Å². The lowest BCUT2D eigenvalue weighted by Gasteiger charge is -2.03. The van der Waals surface area contributed by atoms with Crippen LogP contribution in [0.15, 0.2) is 30.3 Å². The van der Waals surface area contributed by atoms with Crippen molar-refractivity contribution in [2.75, 3.05) is 0 Å². The first-order valence-corrected chi connectivity index (χ1v) is 13.3. The zero-order valence-electron chi connectivity index (χ0n) is 21.3. The molecule has 0 saturated carbocycles. The molecule has 4 nitrogen and oxygen atoms in total. The van der Waals surface area contributed by atoms with E-state index in [0.29, 0.717) is 0 Å². The molecule has 0 atom stereocenters. The summed E-state index contributed by atoms with van der Waals surface area (Å²) >= 11 is 0. The molecule has 0 unspecified atom stereocenters. The third-order valence-electron chi connectivity index (χ3n) is 6.99. The first kappa shape index (κ1) is 23.9. The Labute approximate surface area is 213 Å². The van der Waals surface area contributed by atoms with Crippen molar-refractivity contribution in [2.24, 2.45) is 0 Å². The van der Waals surface area contributed by atoms with Crippen LogP contribution >= 0.6 is 0 Å². The van der Waals surface area contributed by atoms with E-state index in [9.17, 15) is 0 Å². The standard InChI is InChI=1S/C32H34N4/c1-4-7-9-11-25-29-15-13-22(33-29)21-23-14-16-30(34-23)26(12-10-8-5-2)32-20-18-28(36-32)24(6-3)27-17-19-31(25)35-27/h3,13-21,33-34H,4-5,7-12H2,1-2H3. The van der Waals surface area contributed by atoms with E-state index < -0.39 is 0 Å². The van der Waals surface area contributed by atoms with Crippen molar-refractivity contribution in [1.82, 2.24) is 19.9 Å². The van der Waals surface area contributed by atoms with Gasteiger partial charge < -0.3 is 9.97 Å². The van der Waals surface area contributed by atoms with Gasteiger partial charge in [-0.2, -0.15) is 0 Å². The largest absolute Gasteiger partial charge is 0.355 e. The van der Waals surface area contributed by atoms with Crippen molar-refractivity contribution in [1.29, 1.82) is 0 Å². The van der Waals surface area contributed by atoms with Crippen LogP contribution in [0, 0.1) is 12.3 Å². The Hall–Kier alpha value is -3.84. The molecule has 8 bridgehead atoms. The number of hydrogen-bond acceptors (Lipinski definition) is 2. The summed E-state index contributed by atoms with van der Waals surface area (Å²) in [5.74, 6) is 2.88. The van der Waals surface area contributed by atoms with Crippen molar-refractivity contribution >= 4 is 46.4 Å². The number of nitrogens with zero attached hydrogens (tertiary/aromatic N) is 2. The van der Waals surface area contributed by atoms with E-state index in [0.717, 1.165) is 76.1 Å². The third kappa shape index (κ3) is 4.93. The third-order valence-corrected chi connectivity index (χ3v) is 6.99. The van der Waals surface area contributed by atoms with Gasteiger partial charge in [0.1, 0.15) is 0 Å². The van der Waals surface area contributed by atoms with E-state index in [-0.39, 0.29) is 0 Å². The predicted octanol–water partition coefficient (Wildman–Crippen LogP) is 8.10. The minimum atomic E-state index is 0.744. The summed E-state index contributed by atoms with van der Waals surface area (Å²) in [5.41, 5.74) is 11.2. The van der Waals surface area contributed by atoms with Crippen LogP contribution in [0.3, 0.4) is 0 Å². The molecule has 2 aliphatic heterocycles. The molecule has 4 heteroatoms. The van der Waals surface area contributed by atoms with Crippen LogP contribution in [-0.4, -0.2) is 19.9 Å². The first-order valence-electron chi connectivity index (χ1n) is 13.3. The van der Waals surface area contributed by atoms with Crippen LogP contribution in [0.1, 0.15) is 91.8 Å². The van der Waals surface area contributed by atoms with Crippen LogP contribution < -0.4 is 0 Å². The van der Waals surface area contributed by atoms with Crippen molar-refractivity contribution < 1.29 is 0 Å². The number of terminal acetylenes is 1. The Morgan fingerprint density at radius 2 is 1.14 bits per heavy atom. The van der Waals surface area contributed by atoms with Gasteiger partial charge >= 0.3 is 0 Å². The van der Waals surface area contributed by atoms with Gasteiger partial charge in [-0.05, 0) is 80.3 Å². The second-order valence-electron chi connectivity index (χ2n) is 9.62.